The van der Waals surface area contributed by atoms with Crippen LogP contribution in [0.2, 0.25) is 0 Å². The van der Waals surface area contributed by atoms with E-state index in [0.717, 1.165) is 6.07 Å². The van der Waals surface area contributed by atoms with Crippen molar-refractivity contribution in [1.82, 2.24) is 0 Å². The predicted octanol–water partition coefficient (Wildman–Crippen LogP) is 3.26. The van der Waals surface area contributed by atoms with Crippen LogP contribution in [0.15, 0.2) is 27.5 Å². The van der Waals surface area contributed by atoms with Gasteiger partial charge in [0, 0.05) is 5.56 Å². The lowest BCUT2D eigenvalue weighted by Crippen LogP contribution is -2.27. The molecule has 124 valence electrons. The van der Waals surface area contributed by atoms with Gasteiger partial charge < -0.3 is 4.55 Å². The van der Waals surface area contributed by atoms with Crippen molar-refractivity contribution in [2.75, 3.05) is 0 Å². The first-order valence-corrected chi connectivity index (χ1v) is 9.13. The molecule has 0 bridgehead atoms. The molecule has 0 aliphatic heterocycles. The zero-order chi connectivity index (χ0) is 17.3. The minimum atomic E-state index is -4.68. The molecule has 0 spiro atoms. The summed E-state index contributed by atoms with van der Waals surface area (Å²) in [5, 5.41) is 0. The highest BCUT2D eigenvalue weighted by Gasteiger charge is 2.30. The molecule has 0 heterocycles. The molecule has 0 radical (unpaired) electrons. The number of hydrogen-bond acceptors (Lipinski definition) is 4. The molecule has 1 unspecified atom stereocenters. The third kappa shape index (κ3) is 4.05. The van der Waals surface area contributed by atoms with Crippen LogP contribution >= 0.6 is 0 Å². The van der Waals surface area contributed by atoms with E-state index in [2.05, 4.69) is 4.40 Å². The highest BCUT2D eigenvalue weighted by Crippen LogP contribution is 2.26. The van der Waals surface area contributed by atoms with Crippen molar-refractivity contribution in [3.63, 3.8) is 0 Å². The van der Waals surface area contributed by atoms with Crippen LogP contribution in [0.1, 0.15) is 38.8 Å². The van der Waals surface area contributed by atoms with E-state index in [4.69, 9.17) is 0 Å². The second-order valence-corrected chi connectivity index (χ2v) is 9.56. The first-order chi connectivity index (χ1) is 9.89. The fourth-order valence-corrected chi connectivity index (χ4v) is 3.34. The molecule has 0 saturated carbocycles. The van der Waals surface area contributed by atoms with Crippen molar-refractivity contribution in [2.24, 2.45) is 4.40 Å². The SMILES string of the molecule is CC(=N[S+]([O-])C(C)(C)C)c1cccc(S(=O)(=O)C(F)F)c1C. The van der Waals surface area contributed by atoms with Crippen molar-refractivity contribution >= 4 is 26.9 Å². The van der Waals surface area contributed by atoms with E-state index in [-0.39, 0.29) is 5.56 Å². The van der Waals surface area contributed by atoms with Gasteiger partial charge in [-0.05, 0) is 46.2 Å². The summed E-state index contributed by atoms with van der Waals surface area (Å²) in [6.07, 6.45) is 0. The van der Waals surface area contributed by atoms with Crippen LogP contribution in [-0.2, 0) is 21.2 Å². The Morgan fingerprint density at radius 3 is 2.32 bits per heavy atom. The van der Waals surface area contributed by atoms with Gasteiger partial charge in [0.15, 0.2) is 0 Å². The van der Waals surface area contributed by atoms with Gasteiger partial charge in [0.25, 0.3) is 0 Å². The molecule has 0 fully saturated rings. The largest absolute Gasteiger partial charge is 0.591 e. The Labute approximate surface area is 132 Å². The number of hydrogen-bond donors (Lipinski definition) is 0. The molecule has 0 aliphatic rings. The van der Waals surface area contributed by atoms with E-state index in [9.17, 15) is 21.8 Å². The maximum Gasteiger partial charge on any atom is 0.341 e. The molecule has 8 heteroatoms. The lowest BCUT2D eigenvalue weighted by atomic mass is 10.1. The second kappa shape index (κ2) is 6.64. The summed E-state index contributed by atoms with van der Waals surface area (Å²) in [6.45, 7) is 8.27. The third-order valence-corrected chi connectivity index (χ3v) is 5.97. The fraction of sp³-hybridized carbons (Fsp3) is 0.500. The minimum Gasteiger partial charge on any atom is -0.591 e. The first-order valence-electron chi connectivity index (χ1n) is 6.48. The Hall–Kier alpha value is -0.990. The Kier molecular flexibility index (Phi) is 5.75. The second-order valence-electron chi connectivity index (χ2n) is 5.77. The first kappa shape index (κ1) is 19.1. The van der Waals surface area contributed by atoms with Crippen LogP contribution in [0, 0.1) is 6.92 Å². The normalized spacial score (nSPS) is 15.2. The van der Waals surface area contributed by atoms with Crippen molar-refractivity contribution in [3.8, 4) is 0 Å². The summed E-state index contributed by atoms with van der Waals surface area (Å²) in [5.74, 6) is -3.48. The summed E-state index contributed by atoms with van der Waals surface area (Å²) in [4.78, 5) is -0.434. The highest BCUT2D eigenvalue weighted by molar-refractivity contribution is 7.92. The molecule has 1 atom stereocenters. The molecular formula is C14H19F2NO3S2. The van der Waals surface area contributed by atoms with Crippen molar-refractivity contribution in [2.45, 2.75) is 50.0 Å². The van der Waals surface area contributed by atoms with Crippen molar-refractivity contribution in [1.29, 1.82) is 0 Å². The molecule has 22 heavy (non-hydrogen) atoms. The summed E-state index contributed by atoms with van der Waals surface area (Å²) in [7, 11) is -4.68. The summed E-state index contributed by atoms with van der Waals surface area (Å²) in [6, 6.07) is 4.07. The number of rotatable bonds is 4. The van der Waals surface area contributed by atoms with Gasteiger partial charge in [0.2, 0.25) is 9.84 Å². The molecule has 0 N–H and O–H groups in total. The Bertz CT molecular complexity index is 680. The van der Waals surface area contributed by atoms with Crippen LogP contribution in [0.5, 0.6) is 0 Å². The monoisotopic (exact) mass is 351 g/mol. The number of benzene rings is 1. The highest BCUT2D eigenvalue weighted by atomic mass is 32.2. The number of sulfone groups is 1. The van der Waals surface area contributed by atoms with Crippen molar-refractivity contribution in [3.05, 3.63) is 29.3 Å². The zero-order valence-electron chi connectivity index (χ0n) is 13.1. The molecular weight excluding hydrogens is 332 g/mol. The Morgan fingerprint density at radius 2 is 1.86 bits per heavy atom. The van der Waals surface area contributed by atoms with Crippen LogP contribution in [0.3, 0.4) is 0 Å². The predicted molar refractivity (Wildman–Crippen MR) is 84.5 cm³/mol. The van der Waals surface area contributed by atoms with Gasteiger partial charge in [-0.15, -0.1) is 0 Å². The molecule has 0 amide bonds. The maximum atomic E-state index is 12.7. The van der Waals surface area contributed by atoms with E-state index < -0.39 is 36.6 Å². The quantitative estimate of drug-likeness (QED) is 0.617. The van der Waals surface area contributed by atoms with Gasteiger partial charge >= 0.3 is 5.76 Å². The average molecular weight is 351 g/mol. The average Bonchev–Trinajstić information content (AvgIpc) is 2.37. The van der Waals surface area contributed by atoms with Crippen LogP contribution < -0.4 is 0 Å². The number of alkyl halides is 2. The van der Waals surface area contributed by atoms with E-state index in [1.54, 1.807) is 33.8 Å². The zero-order valence-corrected chi connectivity index (χ0v) is 14.7. The van der Waals surface area contributed by atoms with Gasteiger partial charge in [-0.3, -0.25) is 0 Å². The van der Waals surface area contributed by atoms with Crippen LogP contribution in [-0.4, -0.2) is 29.2 Å². The van der Waals surface area contributed by atoms with E-state index in [1.807, 2.05) is 0 Å². The van der Waals surface area contributed by atoms with Crippen LogP contribution in [0.4, 0.5) is 8.78 Å². The molecule has 1 aromatic rings. The molecule has 4 nitrogen and oxygen atoms in total. The lowest BCUT2D eigenvalue weighted by Gasteiger charge is -2.19. The van der Waals surface area contributed by atoms with E-state index in [0.29, 0.717) is 11.3 Å². The lowest BCUT2D eigenvalue weighted by molar-refractivity contribution is 0.234. The van der Waals surface area contributed by atoms with Crippen molar-refractivity contribution < 1.29 is 21.8 Å². The van der Waals surface area contributed by atoms with Gasteiger partial charge in [-0.1, -0.05) is 16.5 Å². The minimum absolute atomic E-state index is 0.176. The number of nitrogens with zero attached hydrogens (tertiary/aromatic N) is 1. The Balaban J connectivity index is 3.38. The van der Waals surface area contributed by atoms with Gasteiger partial charge in [-0.2, -0.15) is 8.78 Å². The van der Waals surface area contributed by atoms with Crippen LogP contribution in [0.25, 0.3) is 0 Å². The number of halogens is 2. The molecule has 0 aliphatic carbocycles. The standard InChI is InChI=1S/C14H19F2NO3S2/c1-9-11(10(2)17-21(18)14(3,4)5)7-6-8-12(9)22(19,20)13(15)16/h6-8,13H,1-5H3. The molecule has 1 aromatic carbocycles. The maximum absolute atomic E-state index is 12.7. The van der Waals surface area contributed by atoms with Gasteiger partial charge in [-0.25, -0.2) is 8.42 Å². The van der Waals surface area contributed by atoms with Gasteiger partial charge in [0.1, 0.15) is 16.1 Å². The third-order valence-electron chi connectivity index (χ3n) is 2.96. The molecule has 1 rings (SSSR count). The van der Waals surface area contributed by atoms with E-state index in [1.165, 1.54) is 13.0 Å². The molecule has 0 aromatic heterocycles. The summed E-state index contributed by atoms with van der Waals surface area (Å²) < 4.78 is 64.3. The van der Waals surface area contributed by atoms with Gasteiger partial charge in [0.05, 0.1) is 10.6 Å². The topological polar surface area (TPSA) is 69.6 Å². The molecule has 0 saturated heterocycles. The fourth-order valence-electron chi connectivity index (χ4n) is 1.72. The van der Waals surface area contributed by atoms with E-state index >= 15 is 0 Å². The summed E-state index contributed by atoms with van der Waals surface area (Å²) in [5.41, 5.74) is 0.909. The smallest absolute Gasteiger partial charge is 0.341 e. The summed E-state index contributed by atoms with van der Waals surface area (Å²) >= 11 is -1.52. The Morgan fingerprint density at radius 1 is 1.32 bits per heavy atom.